The number of nitrogens with one attached hydrogen (secondary N) is 2. The zero-order valence-electron chi connectivity index (χ0n) is 12.0. The Bertz CT molecular complexity index is 567. The number of fused-ring (bicyclic) bond motifs is 2. The Hall–Kier alpha value is -1.80. The van der Waals surface area contributed by atoms with Gasteiger partial charge in [0.2, 0.25) is 0 Å². The predicted molar refractivity (Wildman–Crippen MR) is 86.8 cm³/mol. The molecule has 104 valence electrons. The molecule has 2 aliphatic rings. The fraction of sp³-hybridized carbons (Fsp3) is 0.333. The van der Waals surface area contributed by atoms with E-state index in [9.17, 15) is 0 Å². The quantitative estimate of drug-likeness (QED) is 0.811. The van der Waals surface area contributed by atoms with Gasteiger partial charge in [0, 0.05) is 11.3 Å². The maximum Gasteiger partial charge on any atom is 0.0548 e. The van der Waals surface area contributed by atoms with Crippen molar-refractivity contribution in [3.8, 4) is 0 Å². The van der Waals surface area contributed by atoms with E-state index in [4.69, 9.17) is 0 Å². The van der Waals surface area contributed by atoms with Crippen LogP contribution in [0.4, 0.5) is 5.69 Å². The maximum atomic E-state index is 3.69. The number of allylic oxidation sites excluding steroid dienone is 3. The van der Waals surface area contributed by atoms with Crippen molar-refractivity contribution in [2.75, 3.05) is 18.9 Å². The molecule has 2 N–H and O–H groups in total. The molecule has 0 amide bonds. The number of benzene rings is 1. The van der Waals surface area contributed by atoms with Gasteiger partial charge in [0.1, 0.15) is 0 Å². The van der Waals surface area contributed by atoms with Crippen LogP contribution in [0, 0.1) is 0 Å². The molecule has 2 nitrogen and oxygen atoms in total. The topological polar surface area (TPSA) is 24.1 Å². The largest absolute Gasteiger partial charge is 0.377 e. The molecule has 0 spiro atoms. The van der Waals surface area contributed by atoms with Gasteiger partial charge in [0.25, 0.3) is 0 Å². The number of anilines is 1. The number of hydrogen-bond acceptors (Lipinski definition) is 2. The summed E-state index contributed by atoms with van der Waals surface area (Å²) >= 11 is 0. The number of rotatable bonds is 4. The number of hydrogen-bond donors (Lipinski definition) is 2. The van der Waals surface area contributed by atoms with Gasteiger partial charge in [0.05, 0.1) is 6.04 Å². The smallest absolute Gasteiger partial charge is 0.0548 e. The third-order valence-electron chi connectivity index (χ3n) is 4.02. The molecular weight excluding hydrogens is 244 g/mol. The second kappa shape index (κ2) is 6.10. The van der Waals surface area contributed by atoms with Gasteiger partial charge in [0.15, 0.2) is 0 Å². The van der Waals surface area contributed by atoms with Crippen molar-refractivity contribution in [1.29, 1.82) is 0 Å². The molecule has 0 fully saturated rings. The van der Waals surface area contributed by atoms with Gasteiger partial charge in [-0.05, 0) is 50.1 Å². The first kappa shape index (κ1) is 13.2. The lowest BCUT2D eigenvalue weighted by atomic mass is 9.95. The summed E-state index contributed by atoms with van der Waals surface area (Å²) in [6.07, 6.45) is 12.4. The highest BCUT2D eigenvalue weighted by Gasteiger charge is 2.20. The van der Waals surface area contributed by atoms with E-state index >= 15 is 0 Å². The van der Waals surface area contributed by atoms with E-state index in [0.717, 1.165) is 19.4 Å². The van der Waals surface area contributed by atoms with Gasteiger partial charge >= 0.3 is 0 Å². The first-order valence-corrected chi connectivity index (χ1v) is 7.46. The summed E-state index contributed by atoms with van der Waals surface area (Å²) in [5.41, 5.74) is 5.49. The van der Waals surface area contributed by atoms with Gasteiger partial charge in [-0.1, -0.05) is 42.5 Å². The molecule has 0 bridgehead atoms. The van der Waals surface area contributed by atoms with Crippen LogP contribution in [0.15, 0.2) is 54.1 Å². The first-order valence-electron chi connectivity index (χ1n) is 7.46. The molecular formula is C18H22N2. The molecule has 1 aromatic rings. The van der Waals surface area contributed by atoms with E-state index in [-0.39, 0.29) is 0 Å². The minimum atomic E-state index is 0.419. The molecule has 0 radical (unpaired) electrons. The van der Waals surface area contributed by atoms with Crippen LogP contribution in [0.3, 0.4) is 0 Å². The minimum Gasteiger partial charge on any atom is -0.377 e. The Morgan fingerprint density at radius 1 is 1.30 bits per heavy atom. The van der Waals surface area contributed by atoms with Gasteiger partial charge in [-0.3, -0.25) is 0 Å². The molecule has 1 aromatic carbocycles. The van der Waals surface area contributed by atoms with Crippen LogP contribution in [-0.2, 0) is 0 Å². The summed E-state index contributed by atoms with van der Waals surface area (Å²) < 4.78 is 0. The fourth-order valence-corrected chi connectivity index (χ4v) is 2.96. The molecule has 2 heteroatoms. The first-order chi connectivity index (χ1) is 9.88. The second-order valence-corrected chi connectivity index (χ2v) is 5.45. The Balaban J connectivity index is 1.95. The van der Waals surface area contributed by atoms with E-state index in [1.165, 1.54) is 28.8 Å². The zero-order chi connectivity index (χ0) is 13.8. The van der Waals surface area contributed by atoms with Gasteiger partial charge in [-0.2, -0.15) is 0 Å². The van der Waals surface area contributed by atoms with Gasteiger partial charge in [-0.15, -0.1) is 0 Å². The second-order valence-electron chi connectivity index (χ2n) is 5.45. The highest BCUT2D eigenvalue weighted by Crippen LogP contribution is 2.34. The van der Waals surface area contributed by atoms with E-state index in [1.807, 2.05) is 7.05 Å². The van der Waals surface area contributed by atoms with Crippen molar-refractivity contribution in [3.63, 3.8) is 0 Å². The molecule has 0 saturated carbocycles. The Kier molecular flexibility index (Phi) is 4.03. The van der Waals surface area contributed by atoms with E-state index in [2.05, 4.69) is 59.2 Å². The molecule has 1 atom stereocenters. The number of para-hydroxylation sites is 1. The van der Waals surface area contributed by atoms with Gasteiger partial charge < -0.3 is 10.6 Å². The maximum absolute atomic E-state index is 3.69. The third-order valence-corrected chi connectivity index (χ3v) is 4.02. The fourth-order valence-electron chi connectivity index (χ4n) is 2.96. The van der Waals surface area contributed by atoms with Crippen molar-refractivity contribution < 1.29 is 0 Å². The van der Waals surface area contributed by atoms with Crippen LogP contribution >= 0.6 is 0 Å². The summed E-state index contributed by atoms with van der Waals surface area (Å²) in [5, 5.41) is 6.93. The summed E-state index contributed by atoms with van der Waals surface area (Å²) in [7, 11) is 2.02. The molecule has 0 saturated heterocycles. The molecule has 1 aliphatic carbocycles. The monoisotopic (exact) mass is 266 g/mol. The molecule has 1 unspecified atom stereocenters. The van der Waals surface area contributed by atoms with Crippen LogP contribution in [0.1, 0.15) is 24.8 Å². The summed E-state index contributed by atoms with van der Waals surface area (Å²) in [6.45, 7) is 1.06. The van der Waals surface area contributed by atoms with Crippen LogP contribution in [-0.4, -0.2) is 19.6 Å². The molecule has 20 heavy (non-hydrogen) atoms. The summed E-state index contributed by atoms with van der Waals surface area (Å²) in [5.74, 6) is 0. The Morgan fingerprint density at radius 3 is 3.10 bits per heavy atom. The van der Waals surface area contributed by atoms with E-state index < -0.39 is 0 Å². The minimum absolute atomic E-state index is 0.419. The third kappa shape index (κ3) is 2.70. The van der Waals surface area contributed by atoms with Crippen molar-refractivity contribution in [2.45, 2.75) is 25.3 Å². The zero-order valence-corrected chi connectivity index (χ0v) is 12.0. The SMILES string of the molecule is CNCCCC1=CC2=CC=CCC2Nc2ccccc21. The molecule has 1 heterocycles. The highest BCUT2D eigenvalue weighted by atomic mass is 14.9. The average Bonchev–Trinajstić information content (AvgIpc) is 2.64. The van der Waals surface area contributed by atoms with Crippen LogP contribution in [0.5, 0.6) is 0 Å². The Labute approximate surface area is 121 Å². The normalized spacial score (nSPS) is 20.1. The molecule has 0 aromatic heterocycles. The average molecular weight is 266 g/mol. The standard InChI is InChI=1S/C18H22N2/c1-19-12-6-8-14-13-15-7-2-4-10-17(15)20-18-11-5-3-9-16(14)18/h2-5,7,9,11,13,17,19-20H,6,8,10,12H2,1H3. The predicted octanol–water partition coefficient (Wildman–Crippen LogP) is 3.75. The lowest BCUT2D eigenvalue weighted by Crippen LogP contribution is -2.21. The van der Waals surface area contributed by atoms with Crippen molar-refractivity contribution in [3.05, 3.63) is 59.7 Å². The van der Waals surface area contributed by atoms with Crippen LogP contribution in [0.2, 0.25) is 0 Å². The van der Waals surface area contributed by atoms with Crippen LogP contribution < -0.4 is 10.6 Å². The van der Waals surface area contributed by atoms with Crippen molar-refractivity contribution in [1.82, 2.24) is 5.32 Å². The molecule has 1 aliphatic heterocycles. The Morgan fingerprint density at radius 2 is 2.20 bits per heavy atom. The summed E-state index contributed by atoms with van der Waals surface area (Å²) in [4.78, 5) is 0. The van der Waals surface area contributed by atoms with Crippen LogP contribution in [0.25, 0.3) is 5.57 Å². The van der Waals surface area contributed by atoms with Crippen molar-refractivity contribution in [2.24, 2.45) is 0 Å². The highest BCUT2D eigenvalue weighted by molar-refractivity contribution is 5.80. The molecule has 3 rings (SSSR count). The van der Waals surface area contributed by atoms with E-state index in [0.29, 0.717) is 6.04 Å². The lowest BCUT2D eigenvalue weighted by molar-refractivity contribution is 0.741. The summed E-state index contributed by atoms with van der Waals surface area (Å²) in [6, 6.07) is 9.10. The van der Waals surface area contributed by atoms with Gasteiger partial charge in [-0.25, -0.2) is 0 Å². The lowest BCUT2D eigenvalue weighted by Gasteiger charge is -2.20. The van der Waals surface area contributed by atoms with Crippen molar-refractivity contribution >= 4 is 11.3 Å². The van der Waals surface area contributed by atoms with E-state index in [1.54, 1.807) is 0 Å².